The van der Waals surface area contributed by atoms with Crippen LogP contribution in [0.25, 0.3) is 0 Å². The van der Waals surface area contributed by atoms with Crippen molar-refractivity contribution in [2.24, 2.45) is 15.7 Å². The first-order valence-electron chi connectivity index (χ1n) is 10.0. The Morgan fingerprint density at radius 3 is 2.60 bits per heavy atom. The number of nitrogens with zero attached hydrogens (tertiary/aromatic N) is 3. The maximum atomic E-state index is 14.6. The van der Waals surface area contributed by atoms with E-state index >= 15 is 0 Å². The molecule has 0 spiro atoms. The summed E-state index contributed by atoms with van der Waals surface area (Å²) in [5.74, 6) is -0.281. The summed E-state index contributed by atoms with van der Waals surface area (Å²) in [4.78, 5) is 22.0. The molecule has 1 heterocycles. The van der Waals surface area contributed by atoms with E-state index in [-0.39, 0.29) is 25.1 Å². The quantitative estimate of drug-likeness (QED) is 0.330. The van der Waals surface area contributed by atoms with Gasteiger partial charge in [0, 0.05) is 26.3 Å². The predicted molar refractivity (Wildman–Crippen MR) is 123 cm³/mol. The summed E-state index contributed by atoms with van der Waals surface area (Å²) >= 11 is 0. The topological polar surface area (TPSA) is 80.3 Å². The van der Waals surface area contributed by atoms with E-state index in [1.165, 1.54) is 13.0 Å². The standard InChI is InChI=1S/C23H31FN4O2.H2/c1-14(17(4)19(6)29)11-15(2)18(5)26-23(25)27-20-7-8-22(21(24)12-20)28-9-10-30-16(3)13-28;/h7-8,11-12,16H,9-10,13H2,1-6H3,(H2,25,27);1H/b15-11+,17-14+,26-18+;. The van der Waals surface area contributed by atoms with Crippen molar-refractivity contribution >= 4 is 28.8 Å². The lowest BCUT2D eigenvalue weighted by Crippen LogP contribution is -2.41. The Balaban J connectivity index is 0.00000480. The maximum Gasteiger partial charge on any atom is 0.220 e. The second-order valence-corrected chi connectivity index (χ2v) is 7.62. The summed E-state index contributed by atoms with van der Waals surface area (Å²) in [5, 5.41) is 0. The van der Waals surface area contributed by atoms with Gasteiger partial charge in [-0.15, -0.1) is 0 Å². The number of Topliss-reactive ketones (excluding diaryl/α,β-unsaturated/α-hetero) is 1. The van der Waals surface area contributed by atoms with E-state index in [0.29, 0.717) is 42.4 Å². The van der Waals surface area contributed by atoms with E-state index < -0.39 is 0 Å². The number of carbonyl (C=O) groups is 1. The number of rotatable bonds is 5. The van der Waals surface area contributed by atoms with Crippen LogP contribution in [0, 0.1) is 5.82 Å². The zero-order valence-electron chi connectivity index (χ0n) is 18.6. The number of hydrogen-bond acceptors (Lipinski definition) is 4. The Bertz CT molecular complexity index is 938. The zero-order chi connectivity index (χ0) is 22.4. The molecular weight excluding hydrogens is 383 g/mol. The minimum absolute atomic E-state index is 0. The van der Waals surface area contributed by atoms with E-state index in [0.717, 1.165) is 11.1 Å². The molecule has 1 aliphatic heterocycles. The van der Waals surface area contributed by atoms with Gasteiger partial charge in [0.1, 0.15) is 5.82 Å². The lowest BCUT2D eigenvalue weighted by atomic mass is 10.0. The lowest BCUT2D eigenvalue weighted by Gasteiger charge is -2.33. The fourth-order valence-corrected chi connectivity index (χ4v) is 3.09. The lowest BCUT2D eigenvalue weighted by molar-refractivity contribution is -0.113. The Morgan fingerprint density at radius 2 is 2.00 bits per heavy atom. The molecule has 1 fully saturated rings. The normalized spacial score (nSPS) is 19.6. The van der Waals surface area contributed by atoms with Crippen LogP contribution < -0.4 is 10.6 Å². The highest BCUT2D eigenvalue weighted by atomic mass is 19.1. The molecule has 2 rings (SSSR count). The molecule has 0 amide bonds. The van der Waals surface area contributed by atoms with E-state index in [9.17, 15) is 9.18 Å². The van der Waals surface area contributed by atoms with Gasteiger partial charge in [-0.2, -0.15) is 0 Å². The van der Waals surface area contributed by atoms with Crippen molar-refractivity contribution in [3.8, 4) is 0 Å². The summed E-state index contributed by atoms with van der Waals surface area (Å²) in [6.45, 7) is 12.8. The van der Waals surface area contributed by atoms with Gasteiger partial charge in [-0.3, -0.25) is 4.79 Å². The van der Waals surface area contributed by atoms with Crippen LogP contribution in [0.15, 0.2) is 51.0 Å². The second-order valence-electron chi connectivity index (χ2n) is 7.62. The molecule has 0 aliphatic carbocycles. The minimum Gasteiger partial charge on any atom is -0.375 e. The van der Waals surface area contributed by atoms with E-state index in [1.54, 1.807) is 19.1 Å². The second kappa shape index (κ2) is 10.3. The molecular formula is C23H33FN4O2. The van der Waals surface area contributed by atoms with Gasteiger partial charge in [0.25, 0.3) is 0 Å². The number of ether oxygens (including phenoxy) is 1. The molecule has 30 heavy (non-hydrogen) atoms. The third kappa shape index (κ3) is 6.35. The number of aliphatic imine (C=N–C) groups is 2. The monoisotopic (exact) mass is 416 g/mol. The van der Waals surface area contributed by atoms with Crippen molar-refractivity contribution in [2.75, 3.05) is 24.6 Å². The van der Waals surface area contributed by atoms with E-state index in [2.05, 4.69) is 9.98 Å². The van der Waals surface area contributed by atoms with Gasteiger partial charge in [0.05, 0.1) is 24.1 Å². The molecule has 0 aromatic heterocycles. The molecule has 6 nitrogen and oxygen atoms in total. The molecule has 0 radical (unpaired) electrons. The number of benzene rings is 1. The van der Waals surface area contributed by atoms with Gasteiger partial charge in [-0.05, 0) is 70.4 Å². The Kier molecular flexibility index (Phi) is 8.06. The van der Waals surface area contributed by atoms with E-state index in [1.807, 2.05) is 38.7 Å². The molecule has 1 aromatic carbocycles. The molecule has 0 saturated carbocycles. The van der Waals surface area contributed by atoms with Crippen LogP contribution in [0.1, 0.15) is 43.0 Å². The number of guanidine groups is 1. The fraction of sp³-hybridized carbons (Fsp3) is 0.435. The van der Waals surface area contributed by atoms with Crippen molar-refractivity contribution in [3.05, 3.63) is 46.8 Å². The molecule has 1 aromatic rings. The molecule has 1 atom stereocenters. The number of hydrogen-bond donors (Lipinski definition) is 1. The van der Waals surface area contributed by atoms with Gasteiger partial charge in [-0.1, -0.05) is 6.08 Å². The van der Waals surface area contributed by atoms with Gasteiger partial charge < -0.3 is 15.4 Å². The first-order chi connectivity index (χ1) is 14.1. The van der Waals surface area contributed by atoms with Crippen LogP contribution in [-0.4, -0.2) is 43.3 Å². The molecule has 7 heteroatoms. The number of carbonyl (C=O) groups excluding carboxylic acids is 1. The summed E-state index contributed by atoms with van der Waals surface area (Å²) in [7, 11) is 0. The number of nitrogens with two attached hydrogens (primary N) is 1. The Morgan fingerprint density at radius 1 is 1.30 bits per heavy atom. The van der Waals surface area contributed by atoms with Gasteiger partial charge in [0.2, 0.25) is 5.96 Å². The highest BCUT2D eigenvalue weighted by molar-refractivity contribution is 6.05. The average Bonchev–Trinajstić information content (AvgIpc) is 2.67. The van der Waals surface area contributed by atoms with Crippen molar-refractivity contribution in [1.82, 2.24) is 0 Å². The predicted octanol–water partition coefficient (Wildman–Crippen LogP) is 4.58. The largest absolute Gasteiger partial charge is 0.375 e. The van der Waals surface area contributed by atoms with Crippen LogP contribution >= 0.6 is 0 Å². The Hall–Kier alpha value is -2.80. The fourth-order valence-electron chi connectivity index (χ4n) is 3.09. The first-order valence-corrected chi connectivity index (χ1v) is 10.0. The zero-order valence-corrected chi connectivity index (χ0v) is 18.6. The highest BCUT2D eigenvalue weighted by Gasteiger charge is 2.19. The smallest absolute Gasteiger partial charge is 0.220 e. The SMILES string of the molecule is CC(=O)/C(C)=C(C)/C=C(C)/C(C)=N/C(N)=Nc1ccc(N2CCOC(C)C2)c(F)c1.[HH]. The summed E-state index contributed by atoms with van der Waals surface area (Å²) < 4.78 is 20.1. The van der Waals surface area contributed by atoms with E-state index in [4.69, 9.17) is 10.5 Å². The minimum atomic E-state index is -0.351. The third-order valence-corrected chi connectivity index (χ3v) is 5.16. The maximum absolute atomic E-state index is 14.6. The van der Waals surface area contributed by atoms with Crippen LogP contribution in [-0.2, 0) is 9.53 Å². The van der Waals surface area contributed by atoms with Crippen LogP contribution in [0.5, 0.6) is 0 Å². The van der Waals surface area contributed by atoms with Crippen molar-refractivity contribution in [3.63, 3.8) is 0 Å². The van der Waals surface area contributed by atoms with Gasteiger partial charge in [0.15, 0.2) is 5.78 Å². The molecule has 164 valence electrons. The number of allylic oxidation sites excluding steroid dienone is 4. The molecule has 1 unspecified atom stereocenters. The van der Waals surface area contributed by atoms with Crippen molar-refractivity contribution in [2.45, 2.75) is 47.6 Å². The number of ketones is 1. The van der Waals surface area contributed by atoms with Gasteiger partial charge in [-0.25, -0.2) is 14.4 Å². The molecule has 1 saturated heterocycles. The van der Waals surface area contributed by atoms with Crippen LogP contribution in [0.2, 0.25) is 0 Å². The number of morpholine rings is 1. The number of halogens is 1. The molecule has 0 bridgehead atoms. The first kappa shape index (κ1) is 23.5. The van der Waals surface area contributed by atoms with Crippen molar-refractivity contribution < 1.29 is 15.3 Å². The van der Waals surface area contributed by atoms with Crippen LogP contribution in [0.4, 0.5) is 15.8 Å². The average molecular weight is 417 g/mol. The summed E-state index contributed by atoms with van der Waals surface area (Å²) in [6.07, 6.45) is 1.96. The number of anilines is 1. The molecule has 2 N–H and O–H groups in total. The summed E-state index contributed by atoms with van der Waals surface area (Å²) in [5.41, 5.74) is 10.0. The third-order valence-electron chi connectivity index (χ3n) is 5.16. The Labute approximate surface area is 179 Å². The van der Waals surface area contributed by atoms with Crippen LogP contribution in [0.3, 0.4) is 0 Å². The van der Waals surface area contributed by atoms with Crippen molar-refractivity contribution in [1.29, 1.82) is 0 Å². The highest BCUT2D eigenvalue weighted by Crippen LogP contribution is 2.26. The summed E-state index contributed by atoms with van der Waals surface area (Å²) in [6, 6.07) is 4.79. The van der Waals surface area contributed by atoms with Gasteiger partial charge >= 0.3 is 0 Å². The molecule has 1 aliphatic rings.